The number of ketones is 1. The Bertz CT molecular complexity index is 1040. The van der Waals surface area contributed by atoms with Crippen LogP contribution in [0.4, 0.5) is 0 Å². The van der Waals surface area contributed by atoms with Gasteiger partial charge in [-0.05, 0) is 43.5 Å². The molecule has 0 aliphatic carbocycles. The number of fused-ring (bicyclic) bond motifs is 1. The first kappa shape index (κ1) is 20.7. The molecule has 0 bridgehead atoms. The molecule has 158 valence electrons. The third kappa shape index (κ3) is 4.31. The van der Waals surface area contributed by atoms with Gasteiger partial charge in [0.05, 0.1) is 17.5 Å². The van der Waals surface area contributed by atoms with E-state index in [0.29, 0.717) is 16.7 Å². The Morgan fingerprint density at radius 2 is 2.00 bits per heavy atom. The summed E-state index contributed by atoms with van der Waals surface area (Å²) in [7, 11) is 0. The highest BCUT2D eigenvalue weighted by molar-refractivity contribution is 6.08. The largest absolute Gasteiger partial charge is 0.344 e. The van der Waals surface area contributed by atoms with E-state index in [0.717, 1.165) is 23.7 Å². The molecule has 2 aromatic heterocycles. The van der Waals surface area contributed by atoms with Gasteiger partial charge in [0.15, 0.2) is 11.4 Å². The van der Waals surface area contributed by atoms with Crippen molar-refractivity contribution in [2.45, 2.75) is 53.5 Å². The zero-order valence-corrected chi connectivity index (χ0v) is 18.5. The summed E-state index contributed by atoms with van der Waals surface area (Å²) in [5, 5.41) is 0. The molecule has 1 aromatic carbocycles. The van der Waals surface area contributed by atoms with Crippen LogP contribution in [0.25, 0.3) is 22.4 Å². The van der Waals surface area contributed by atoms with Gasteiger partial charge in [0.1, 0.15) is 5.52 Å². The number of Topliss-reactive ketones (excluding diaryl/α,β-unsaturated/α-hetero) is 1. The molecule has 0 unspecified atom stereocenters. The van der Waals surface area contributed by atoms with Crippen molar-refractivity contribution in [2.75, 3.05) is 13.1 Å². The van der Waals surface area contributed by atoms with E-state index in [2.05, 4.69) is 46.1 Å². The summed E-state index contributed by atoms with van der Waals surface area (Å²) in [6.07, 6.45) is 7.42. The number of carbonyl (C=O) groups excluding carboxylic acids is 1. The van der Waals surface area contributed by atoms with Crippen molar-refractivity contribution in [3.05, 3.63) is 47.8 Å². The molecule has 0 spiro atoms. The highest BCUT2D eigenvalue weighted by Gasteiger charge is 2.26. The number of nitrogens with zero attached hydrogens (tertiary/aromatic N) is 3. The number of carbonyl (C=O) groups is 1. The van der Waals surface area contributed by atoms with Crippen LogP contribution in [0.15, 0.2) is 36.7 Å². The average Bonchev–Trinajstić information content (AvgIpc) is 3.16. The lowest BCUT2D eigenvalue weighted by Crippen LogP contribution is -2.32. The molecule has 5 nitrogen and oxygen atoms in total. The number of H-pyrrole nitrogens is 1. The predicted octanol–water partition coefficient (Wildman–Crippen LogP) is 5.48. The van der Waals surface area contributed by atoms with Crippen LogP contribution in [0.1, 0.15) is 62.9 Å². The first-order chi connectivity index (χ1) is 14.3. The number of benzene rings is 1. The summed E-state index contributed by atoms with van der Waals surface area (Å²) < 4.78 is 0. The Labute approximate surface area is 178 Å². The van der Waals surface area contributed by atoms with E-state index in [9.17, 15) is 4.79 Å². The summed E-state index contributed by atoms with van der Waals surface area (Å²) in [4.78, 5) is 27.8. The molecular formula is C25H32N4O. The van der Waals surface area contributed by atoms with Crippen LogP contribution in [-0.4, -0.2) is 38.7 Å². The monoisotopic (exact) mass is 404 g/mol. The van der Waals surface area contributed by atoms with Crippen LogP contribution in [0.5, 0.6) is 0 Å². The Morgan fingerprint density at radius 1 is 1.23 bits per heavy atom. The fourth-order valence-electron chi connectivity index (χ4n) is 4.25. The topological polar surface area (TPSA) is 61.9 Å². The van der Waals surface area contributed by atoms with Crippen LogP contribution in [0, 0.1) is 11.3 Å². The van der Waals surface area contributed by atoms with Crippen LogP contribution in [0.2, 0.25) is 0 Å². The molecule has 0 atom stereocenters. The maximum Gasteiger partial charge on any atom is 0.171 e. The Hall–Kier alpha value is -2.53. The third-order valence-corrected chi connectivity index (χ3v) is 6.22. The number of nitrogens with one attached hydrogen (secondary N) is 1. The zero-order chi connectivity index (χ0) is 21.3. The lowest BCUT2D eigenvalue weighted by atomic mass is 9.87. The fraction of sp³-hybridized carbons (Fsp3) is 0.480. The average molecular weight is 405 g/mol. The van der Waals surface area contributed by atoms with Crippen molar-refractivity contribution < 1.29 is 4.79 Å². The number of rotatable bonds is 5. The standard InChI is InChI=1S/C25H32N4O/c1-5-17-9-11-29(12-10-17)16-18-7-6-8-19(13-18)21-15-27-24-22(28-21)20(14-26-24)23(30)25(2,3)4/h6-8,13-15,17H,5,9-12,16H2,1-4H3,(H,26,27). The van der Waals surface area contributed by atoms with Crippen molar-refractivity contribution >= 4 is 16.9 Å². The molecule has 3 heterocycles. The van der Waals surface area contributed by atoms with E-state index in [-0.39, 0.29) is 5.78 Å². The zero-order valence-electron chi connectivity index (χ0n) is 18.5. The van der Waals surface area contributed by atoms with Gasteiger partial charge < -0.3 is 4.98 Å². The smallest absolute Gasteiger partial charge is 0.171 e. The summed E-state index contributed by atoms with van der Waals surface area (Å²) in [6, 6.07) is 8.56. The Kier molecular flexibility index (Phi) is 5.74. The number of piperidine rings is 1. The molecule has 1 aliphatic rings. The molecular weight excluding hydrogens is 372 g/mol. The van der Waals surface area contributed by atoms with E-state index in [4.69, 9.17) is 4.98 Å². The van der Waals surface area contributed by atoms with Gasteiger partial charge in [-0.3, -0.25) is 9.69 Å². The van der Waals surface area contributed by atoms with Gasteiger partial charge in [0.2, 0.25) is 0 Å². The number of aromatic amines is 1. The molecule has 1 fully saturated rings. The molecule has 0 saturated carbocycles. The van der Waals surface area contributed by atoms with Gasteiger partial charge >= 0.3 is 0 Å². The molecule has 4 rings (SSSR count). The highest BCUT2D eigenvalue weighted by Crippen LogP contribution is 2.28. The second-order valence-corrected chi connectivity index (χ2v) is 9.56. The summed E-state index contributed by atoms with van der Waals surface area (Å²) in [5.74, 6) is 0.963. The van der Waals surface area contributed by atoms with Gasteiger partial charge in [0, 0.05) is 23.7 Å². The molecule has 0 radical (unpaired) electrons. The van der Waals surface area contributed by atoms with E-state index in [1.807, 2.05) is 20.8 Å². The molecule has 1 aliphatic heterocycles. The summed E-state index contributed by atoms with van der Waals surface area (Å²) in [6.45, 7) is 11.4. The van der Waals surface area contributed by atoms with Crippen LogP contribution in [-0.2, 0) is 6.54 Å². The fourth-order valence-corrected chi connectivity index (χ4v) is 4.25. The van der Waals surface area contributed by atoms with Crippen molar-refractivity contribution in [1.29, 1.82) is 0 Å². The minimum atomic E-state index is -0.460. The molecule has 5 heteroatoms. The lowest BCUT2D eigenvalue weighted by Gasteiger charge is -2.31. The van der Waals surface area contributed by atoms with Crippen molar-refractivity contribution in [3.8, 4) is 11.3 Å². The molecule has 1 saturated heterocycles. The van der Waals surface area contributed by atoms with E-state index < -0.39 is 5.41 Å². The second-order valence-electron chi connectivity index (χ2n) is 9.56. The molecule has 1 N–H and O–H groups in total. The minimum absolute atomic E-state index is 0.0735. The first-order valence-corrected chi connectivity index (χ1v) is 11.1. The van der Waals surface area contributed by atoms with Crippen molar-refractivity contribution in [1.82, 2.24) is 19.9 Å². The SMILES string of the molecule is CCC1CCN(Cc2cccc(-c3cnc4[nH]cc(C(=O)C(C)(C)C)c4n3)c2)CC1. The van der Waals surface area contributed by atoms with Crippen LogP contribution in [0.3, 0.4) is 0 Å². The second kappa shape index (κ2) is 8.31. The van der Waals surface area contributed by atoms with Gasteiger partial charge in [-0.1, -0.05) is 52.3 Å². The molecule has 30 heavy (non-hydrogen) atoms. The summed E-state index contributed by atoms with van der Waals surface area (Å²) >= 11 is 0. The normalized spacial score (nSPS) is 16.3. The number of hydrogen-bond donors (Lipinski definition) is 1. The van der Waals surface area contributed by atoms with E-state index in [1.54, 1.807) is 12.4 Å². The lowest BCUT2D eigenvalue weighted by molar-refractivity contribution is 0.0860. The van der Waals surface area contributed by atoms with Gasteiger partial charge in [-0.2, -0.15) is 0 Å². The van der Waals surface area contributed by atoms with Crippen molar-refractivity contribution in [3.63, 3.8) is 0 Å². The highest BCUT2D eigenvalue weighted by atomic mass is 16.1. The van der Waals surface area contributed by atoms with Gasteiger partial charge in [0.25, 0.3) is 0 Å². The van der Waals surface area contributed by atoms with Gasteiger partial charge in [-0.15, -0.1) is 0 Å². The van der Waals surface area contributed by atoms with Gasteiger partial charge in [-0.25, -0.2) is 9.97 Å². The van der Waals surface area contributed by atoms with Crippen LogP contribution < -0.4 is 0 Å². The number of likely N-dealkylation sites (tertiary alicyclic amines) is 1. The number of aromatic nitrogens is 3. The minimum Gasteiger partial charge on any atom is -0.344 e. The molecule has 0 amide bonds. The van der Waals surface area contributed by atoms with E-state index in [1.165, 1.54) is 37.9 Å². The maximum absolute atomic E-state index is 12.8. The quantitative estimate of drug-likeness (QED) is 0.572. The third-order valence-electron chi connectivity index (χ3n) is 6.22. The Balaban J connectivity index is 1.58. The number of hydrogen-bond acceptors (Lipinski definition) is 4. The maximum atomic E-state index is 12.8. The first-order valence-electron chi connectivity index (χ1n) is 11.1. The summed E-state index contributed by atoms with van der Waals surface area (Å²) in [5.41, 5.74) is 4.60. The van der Waals surface area contributed by atoms with E-state index >= 15 is 0 Å². The Morgan fingerprint density at radius 3 is 2.70 bits per heavy atom. The van der Waals surface area contributed by atoms with Crippen LogP contribution >= 0.6 is 0 Å². The predicted molar refractivity (Wildman–Crippen MR) is 121 cm³/mol. The van der Waals surface area contributed by atoms with Crippen molar-refractivity contribution in [2.24, 2.45) is 11.3 Å². The molecule has 3 aromatic rings.